The second-order valence-corrected chi connectivity index (χ2v) is 2.97. The highest BCUT2D eigenvalue weighted by Crippen LogP contribution is 2.40. The first kappa shape index (κ1) is 8.04. The average molecular weight is 156 g/mol. The van der Waals surface area contributed by atoms with Crippen LogP contribution >= 0.6 is 0 Å². The average Bonchev–Trinajstić information content (AvgIpc) is 2.65. The Bertz CT molecular complexity index is 208. The molecular formula is C7H12N2O2. The van der Waals surface area contributed by atoms with Gasteiger partial charge in [0.2, 0.25) is 11.8 Å². The molecule has 4 nitrogen and oxygen atoms in total. The molecule has 0 spiro atoms. The zero-order valence-electron chi connectivity index (χ0n) is 6.76. The van der Waals surface area contributed by atoms with Crippen molar-refractivity contribution in [1.82, 2.24) is 4.90 Å². The molecule has 0 radical (unpaired) electrons. The minimum Gasteiger partial charge on any atom is -0.368 e. The third-order valence-electron chi connectivity index (χ3n) is 2.30. The summed E-state index contributed by atoms with van der Waals surface area (Å²) in [5.74, 6) is -0.503. The maximum Gasteiger partial charge on any atom is 0.243 e. The molecule has 0 aromatic rings. The van der Waals surface area contributed by atoms with E-state index in [2.05, 4.69) is 0 Å². The van der Waals surface area contributed by atoms with E-state index >= 15 is 0 Å². The van der Waals surface area contributed by atoms with E-state index in [-0.39, 0.29) is 5.91 Å². The number of nitrogens with zero attached hydrogens (tertiary/aromatic N) is 1. The van der Waals surface area contributed by atoms with Crippen molar-refractivity contribution in [3.8, 4) is 0 Å². The van der Waals surface area contributed by atoms with Gasteiger partial charge >= 0.3 is 0 Å². The van der Waals surface area contributed by atoms with Gasteiger partial charge in [-0.05, 0) is 12.8 Å². The summed E-state index contributed by atoms with van der Waals surface area (Å²) < 4.78 is 0. The number of hydrogen-bond donors (Lipinski definition) is 1. The number of nitrogens with two attached hydrogens (primary N) is 1. The van der Waals surface area contributed by atoms with Crippen molar-refractivity contribution >= 4 is 11.8 Å². The molecule has 11 heavy (non-hydrogen) atoms. The van der Waals surface area contributed by atoms with Gasteiger partial charge < -0.3 is 10.6 Å². The van der Waals surface area contributed by atoms with Gasteiger partial charge in [-0.3, -0.25) is 9.59 Å². The minimum atomic E-state index is -0.647. The minimum absolute atomic E-state index is 0.110. The van der Waals surface area contributed by atoms with Crippen LogP contribution in [0.15, 0.2) is 0 Å². The summed E-state index contributed by atoms with van der Waals surface area (Å²) in [6, 6.07) is 0. The van der Waals surface area contributed by atoms with Crippen molar-refractivity contribution in [2.24, 2.45) is 5.73 Å². The Labute approximate surface area is 65.3 Å². The summed E-state index contributed by atoms with van der Waals surface area (Å²) in [6.07, 6.45) is 1.41. The lowest BCUT2D eigenvalue weighted by Crippen LogP contribution is -2.47. The van der Waals surface area contributed by atoms with Crippen molar-refractivity contribution < 1.29 is 9.59 Å². The highest BCUT2D eigenvalue weighted by atomic mass is 16.2. The van der Waals surface area contributed by atoms with E-state index in [0.717, 1.165) is 0 Å². The Kier molecular flexibility index (Phi) is 1.62. The molecule has 1 aliphatic rings. The van der Waals surface area contributed by atoms with Crippen LogP contribution < -0.4 is 5.73 Å². The molecule has 0 aromatic carbocycles. The quantitative estimate of drug-likeness (QED) is 0.584. The van der Waals surface area contributed by atoms with Gasteiger partial charge in [0.25, 0.3) is 0 Å². The van der Waals surface area contributed by atoms with E-state index in [9.17, 15) is 9.59 Å². The van der Waals surface area contributed by atoms with E-state index < -0.39 is 11.4 Å². The molecule has 62 valence electrons. The number of hydrogen-bond acceptors (Lipinski definition) is 2. The van der Waals surface area contributed by atoms with E-state index in [0.29, 0.717) is 12.8 Å². The fourth-order valence-corrected chi connectivity index (χ4v) is 1.17. The van der Waals surface area contributed by atoms with Crippen LogP contribution in [0.4, 0.5) is 0 Å². The summed E-state index contributed by atoms with van der Waals surface area (Å²) in [7, 11) is 1.61. The zero-order valence-corrected chi connectivity index (χ0v) is 6.76. The predicted molar refractivity (Wildman–Crippen MR) is 39.6 cm³/mol. The van der Waals surface area contributed by atoms with Crippen LogP contribution in [0, 0.1) is 0 Å². The first-order chi connectivity index (χ1) is 5.00. The molecule has 1 saturated carbocycles. The molecule has 2 amide bonds. The largest absolute Gasteiger partial charge is 0.368 e. The summed E-state index contributed by atoms with van der Waals surface area (Å²) >= 11 is 0. The summed E-state index contributed by atoms with van der Waals surface area (Å²) in [4.78, 5) is 23.1. The van der Waals surface area contributed by atoms with Gasteiger partial charge in [0.05, 0.1) is 0 Å². The normalized spacial score (nSPS) is 19.1. The highest BCUT2D eigenvalue weighted by molar-refractivity contribution is 5.92. The summed E-state index contributed by atoms with van der Waals surface area (Å²) in [6.45, 7) is 1.43. The highest BCUT2D eigenvalue weighted by Gasteiger charge is 2.53. The van der Waals surface area contributed by atoms with Crippen molar-refractivity contribution in [2.75, 3.05) is 7.05 Å². The van der Waals surface area contributed by atoms with E-state index in [1.165, 1.54) is 11.8 Å². The molecule has 0 atom stereocenters. The summed E-state index contributed by atoms with van der Waals surface area (Å²) in [5, 5.41) is 0. The van der Waals surface area contributed by atoms with Crippen LogP contribution in [0.1, 0.15) is 19.8 Å². The molecule has 2 N–H and O–H groups in total. The predicted octanol–water partition coefficient (Wildman–Crippen LogP) is -0.517. The zero-order chi connectivity index (χ0) is 8.65. The monoisotopic (exact) mass is 156 g/mol. The molecule has 0 heterocycles. The van der Waals surface area contributed by atoms with Crippen molar-refractivity contribution in [3.63, 3.8) is 0 Å². The molecule has 1 fully saturated rings. The van der Waals surface area contributed by atoms with Crippen LogP contribution in [0.3, 0.4) is 0 Å². The molecule has 4 heteroatoms. The van der Waals surface area contributed by atoms with Gasteiger partial charge in [-0.15, -0.1) is 0 Å². The Balaban J connectivity index is 2.73. The van der Waals surface area contributed by atoms with Gasteiger partial charge in [0, 0.05) is 14.0 Å². The van der Waals surface area contributed by atoms with Crippen molar-refractivity contribution in [2.45, 2.75) is 25.3 Å². The molecule has 0 unspecified atom stereocenters. The molecule has 1 aliphatic carbocycles. The van der Waals surface area contributed by atoms with Gasteiger partial charge in [-0.1, -0.05) is 0 Å². The van der Waals surface area contributed by atoms with Crippen LogP contribution in [0.5, 0.6) is 0 Å². The topological polar surface area (TPSA) is 63.4 Å². The Morgan fingerprint density at radius 2 is 1.91 bits per heavy atom. The second kappa shape index (κ2) is 2.22. The first-order valence-electron chi connectivity index (χ1n) is 3.55. The van der Waals surface area contributed by atoms with E-state index in [1.54, 1.807) is 7.05 Å². The van der Waals surface area contributed by atoms with Gasteiger partial charge in [0.1, 0.15) is 5.54 Å². The van der Waals surface area contributed by atoms with Crippen molar-refractivity contribution in [1.29, 1.82) is 0 Å². The number of amides is 2. The van der Waals surface area contributed by atoms with E-state index in [4.69, 9.17) is 5.73 Å². The molecule has 0 aromatic heterocycles. The number of carbonyl (C=O) groups excluding carboxylic acids is 2. The SMILES string of the molecule is CC(=O)N(C)C1(C(N)=O)CC1. The maximum atomic E-state index is 10.9. The second-order valence-electron chi connectivity index (χ2n) is 2.97. The van der Waals surface area contributed by atoms with Crippen LogP contribution in [-0.2, 0) is 9.59 Å². The number of primary amides is 1. The van der Waals surface area contributed by atoms with Crippen LogP contribution in [0.2, 0.25) is 0 Å². The van der Waals surface area contributed by atoms with Gasteiger partial charge in [-0.25, -0.2) is 0 Å². The van der Waals surface area contributed by atoms with Crippen molar-refractivity contribution in [3.05, 3.63) is 0 Å². The number of likely N-dealkylation sites (N-methyl/N-ethyl adjacent to an activating group) is 1. The van der Waals surface area contributed by atoms with Gasteiger partial charge in [-0.2, -0.15) is 0 Å². The lowest BCUT2D eigenvalue weighted by Gasteiger charge is -2.23. The Morgan fingerprint density at radius 3 is 2.00 bits per heavy atom. The third kappa shape index (κ3) is 1.08. The number of carbonyl (C=O) groups is 2. The first-order valence-corrected chi connectivity index (χ1v) is 3.55. The number of rotatable bonds is 2. The third-order valence-corrected chi connectivity index (χ3v) is 2.30. The van der Waals surface area contributed by atoms with E-state index in [1.807, 2.05) is 0 Å². The Morgan fingerprint density at radius 1 is 1.45 bits per heavy atom. The lowest BCUT2D eigenvalue weighted by atomic mass is 10.2. The van der Waals surface area contributed by atoms with Crippen LogP contribution in [0.25, 0.3) is 0 Å². The fourth-order valence-electron chi connectivity index (χ4n) is 1.17. The molecule has 0 saturated heterocycles. The van der Waals surface area contributed by atoms with Gasteiger partial charge in [0.15, 0.2) is 0 Å². The Hall–Kier alpha value is -1.06. The molecule has 0 aliphatic heterocycles. The summed E-state index contributed by atoms with van der Waals surface area (Å²) in [5.41, 5.74) is 4.49. The standard InChI is InChI=1S/C7H12N2O2/c1-5(10)9(2)7(3-4-7)6(8)11/h3-4H2,1-2H3,(H2,8,11). The molecular weight excluding hydrogens is 144 g/mol. The van der Waals surface area contributed by atoms with Crippen LogP contribution in [-0.4, -0.2) is 29.3 Å². The maximum absolute atomic E-state index is 10.9. The lowest BCUT2D eigenvalue weighted by molar-refractivity contribution is -0.137. The smallest absolute Gasteiger partial charge is 0.243 e. The molecule has 0 bridgehead atoms. The fraction of sp³-hybridized carbons (Fsp3) is 0.714. The molecule has 1 rings (SSSR count).